The first-order chi connectivity index (χ1) is 15.7. The first-order valence-electron chi connectivity index (χ1n) is 10.6. The van der Waals surface area contributed by atoms with Gasteiger partial charge in [-0.3, -0.25) is 4.79 Å². The number of amides is 1. The van der Waals surface area contributed by atoms with E-state index in [1.807, 2.05) is 24.4 Å². The fraction of sp³-hybridized carbons (Fsp3) is 0.318. The predicted octanol–water partition coefficient (Wildman–Crippen LogP) is 3.18. The molecule has 4 aromatic rings. The summed E-state index contributed by atoms with van der Waals surface area (Å²) in [6.45, 7) is 3.13. The molecule has 2 fully saturated rings. The quantitative estimate of drug-likeness (QED) is 0.478. The van der Waals surface area contributed by atoms with Gasteiger partial charge in [0.2, 0.25) is 5.91 Å². The van der Waals surface area contributed by atoms with E-state index < -0.39 is 0 Å². The lowest BCUT2D eigenvalue weighted by molar-refractivity contribution is -0.117. The molecule has 2 aliphatic rings. The van der Waals surface area contributed by atoms with Crippen molar-refractivity contribution in [1.82, 2.24) is 24.6 Å². The van der Waals surface area contributed by atoms with Crippen LogP contribution in [0.1, 0.15) is 12.8 Å². The number of pyridine rings is 3. The van der Waals surface area contributed by atoms with Crippen LogP contribution in [0.5, 0.6) is 0 Å². The normalized spacial score (nSPS) is 16.6. The number of hydrogen-bond donors (Lipinski definition) is 1. The monoisotopic (exact) mass is 449 g/mol. The summed E-state index contributed by atoms with van der Waals surface area (Å²) in [7, 11) is 0. The molecular formula is C22H20ClN7O2. The van der Waals surface area contributed by atoms with Crippen LogP contribution in [-0.4, -0.2) is 56.8 Å². The first-order valence-corrected chi connectivity index (χ1v) is 11.0. The fourth-order valence-corrected chi connectivity index (χ4v) is 4.12. The van der Waals surface area contributed by atoms with E-state index in [0.29, 0.717) is 22.2 Å². The van der Waals surface area contributed by atoms with Gasteiger partial charge in [-0.1, -0.05) is 11.6 Å². The number of carbonyl (C=O) groups is 1. The minimum absolute atomic E-state index is 0.0000466. The highest BCUT2D eigenvalue weighted by Crippen LogP contribution is 2.33. The van der Waals surface area contributed by atoms with Gasteiger partial charge in [0, 0.05) is 47.7 Å². The summed E-state index contributed by atoms with van der Waals surface area (Å²) in [6, 6.07) is 5.81. The Morgan fingerprint density at radius 3 is 2.78 bits per heavy atom. The van der Waals surface area contributed by atoms with E-state index in [0.717, 1.165) is 61.4 Å². The number of aromatic nitrogens is 5. The molecule has 9 nitrogen and oxygen atoms in total. The number of halogens is 1. The topological polar surface area (TPSA) is 97.5 Å². The second-order valence-corrected chi connectivity index (χ2v) is 8.42. The van der Waals surface area contributed by atoms with E-state index in [4.69, 9.17) is 26.4 Å². The second kappa shape index (κ2) is 7.68. The van der Waals surface area contributed by atoms with Crippen LogP contribution in [0.2, 0.25) is 5.15 Å². The van der Waals surface area contributed by atoms with Crippen molar-refractivity contribution >= 4 is 45.4 Å². The minimum Gasteiger partial charge on any atom is -0.378 e. The molecule has 6 rings (SSSR count). The Hall–Kier alpha value is -3.30. The van der Waals surface area contributed by atoms with Crippen LogP contribution in [0.15, 0.2) is 36.8 Å². The molecule has 32 heavy (non-hydrogen) atoms. The molecular weight excluding hydrogens is 430 g/mol. The number of hydrogen-bond acceptors (Lipinski definition) is 7. The number of morpholine rings is 1. The van der Waals surface area contributed by atoms with Gasteiger partial charge in [-0.15, -0.1) is 5.10 Å². The highest BCUT2D eigenvalue weighted by molar-refractivity contribution is 6.34. The molecule has 1 amide bonds. The molecule has 0 spiro atoms. The molecule has 0 unspecified atom stereocenters. The Bertz CT molecular complexity index is 1350. The third kappa shape index (κ3) is 3.53. The van der Waals surface area contributed by atoms with Gasteiger partial charge in [0.25, 0.3) is 0 Å². The molecule has 1 saturated carbocycles. The SMILES string of the molecule is O=C(Nc1cc2c(-c3nc4ccc(N5CCOCC5)cn4n3)cnc(Cl)c2cn1)C1CC1. The zero-order valence-corrected chi connectivity index (χ0v) is 17.9. The Kier molecular flexibility index (Phi) is 4.65. The van der Waals surface area contributed by atoms with Crippen LogP contribution in [0.4, 0.5) is 11.5 Å². The fourth-order valence-electron chi connectivity index (χ4n) is 3.92. The van der Waals surface area contributed by atoms with Gasteiger partial charge in [-0.25, -0.2) is 19.5 Å². The maximum atomic E-state index is 12.2. The largest absolute Gasteiger partial charge is 0.378 e. The van der Waals surface area contributed by atoms with Crippen molar-refractivity contribution in [2.75, 3.05) is 36.5 Å². The Labute approximate surface area is 188 Å². The molecule has 1 N–H and O–H groups in total. The maximum absolute atomic E-state index is 12.2. The molecule has 5 heterocycles. The third-order valence-corrected chi connectivity index (χ3v) is 6.16. The van der Waals surface area contributed by atoms with Crippen LogP contribution < -0.4 is 10.2 Å². The van der Waals surface area contributed by atoms with Gasteiger partial charge in [0.05, 0.1) is 25.1 Å². The summed E-state index contributed by atoms with van der Waals surface area (Å²) in [5, 5.41) is 9.40. The molecule has 0 radical (unpaired) electrons. The number of carbonyl (C=O) groups excluding carboxylic acids is 1. The summed E-state index contributed by atoms with van der Waals surface area (Å²) >= 11 is 6.32. The van der Waals surface area contributed by atoms with Crippen molar-refractivity contribution in [1.29, 1.82) is 0 Å². The summed E-state index contributed by atoms with van der Waals surface area (Å²) in [4.78, 5) is 27.8. The Morgan fingerprint density at radius 2 is 1.97 bits per heavy atom. The first kappa shape index (κ1) is 19.4. The standard InChI is InChI=1S/C22H20ClN7O2/c23-20-16-10-24-18(26-22(31)13-1-2-13)9-15(16)17(11-25-20)21-27-19-4-3-14(12-30(19)28-21)29-5-7-32-8-6-29/h3-4,9-13H,1-2,5-8H2,(H,24,26,31). The molecule has 10 heteroatoms. The van der Waals surface area contributed by atoms with Crippen LogP contribution in [-0.2, 0) is 9.53 Å². The summed E-state index contributed by atoms with van der Waals surface area (Å²) in [5.74, 6) is 1.11. The summed E-state index contributed by atoms with van der Waals surface area (Å²) in [6.07, 6.45) is 7.12. The molecule has 0 atom stereocenters. The zero-order valence-electron chi connectivity index (χ0n) is 17.2. The minimum atomic E-state index is 0.0000466. The van der Waals surface area contributed by atoms with Gasteiger partial charge < -0.3 is 15.0 Å². The van der Waals surface area contributed by atoms with Gasteiger partial charge in [-0.05, 0) is 31.0 Å². The molecule has 0 bridgehead atoms. The number of fused-ring (bicyclic) bond motifs is 2. The lowest BCUT2D eigenvalue weighted by Gasteiger charge is -2.28. The average molecular weight is 450 g/mol. The number of anilines is 2. The molecule has 0 aromatic carbocycles. The second-order valence-electron chi connectivity index (χ2n) is 8.07. The van der Waals surface area contributed by atoms with E-state index >= 15 is 0 Å². The van der Waals surface area contributed by atoms with Gasteiger partial charge in [0.1, 0.15) is 11.0 Å². The lowest BCUT2D eigenvalue weighted by atomic mass is 10.1. The van der Waals surface area contributed by atoms with Crippen molar-refractivity contribution < 1.29 is 9.53 Å². The summed E-state index contributed by atoms with van der Waals surface area (Å²) in [5.41, 5.74) is 2.53. The maximum Gasteiger partial charge on any atom is 0.228 e. The van der Waals surface area contributed by atoms with Crippen LogP contribution >= 0.6 is 11.6 Å². The van der Waals surface area contributed by atoms with E-state index in [9.17, 15) is 4.79 Å². The van der Waals surface area contributed by atoms with Crippen molar-refractivity contribution in [3.8, 4) is 11.4 Å². The number of ether oxygens (including phenoxy) is 1. The van der Waals surface area contributed by atoms with Crippen LogP contribution in [0.25, 0.3) is 27.8 Å². The lowest BCUT2D eigenvalue weighted by Crippen LogP contribution is -2.36. The number of nitrogens with zero attached hydrogens (tertiary/aromatic N) is 6. The van der Waals surface area contributed by atoms with Crippen molar-refractivity contribution in [3.05, 3.63) is 41.9 Å². The highest BCUT2D eigenvalue weighted by Gasteiger charge is 2.30. The van der Waals surface area contributed by atoms with Gasteiger partial charge >= 0.3 is 0 Å². The molecule has 1 aliphatic heterocycles. The molecule has 4 aromatic heterocycles. The van der Waals surface area contributed by atoms with E-state index in [1.165, 1.54) is 0 Å². The number of rotatable bonds is 4. The van der Waals surface area contributed by atoms with Gasteiger partial charge in [0.15, 0.2) is 11.5 Å². The molecule has 1 saturated heterocycles. The zero-order chi connectivity index (χ0) is 21.7. The smallest absolute Gasteiger partial charge is 0.228 e. The predicted molar refractivity (Wildman–Crippen MR) is 121 cm³/mol. The van der Waals surface area contributed by atoms with Crippen molar-refractivity contribution in [3.63, 3.8) is 0 Å². The number of nitrogens with one attached hydrogen (secondary N) is 1. The average Bonchev–Trinajstić information content (AvgIpc) is 3.59. The Morgan fingerprint density at radius 1 is 1.12 bits per heavy atom. The van der Waals surface area contributed by atoms with Crippen LogP contribution in [0, 0.1) is 5.92 Å². The molecule has 162 valence electrons. The Balaban J connectivity index is 1.40. The highest BCUT2D eigenvalue weighted by atomic mass is 35.5. The van der Waals surface area contributed by atoms with Crippen LogP contribution in [0.3, 0.4) is 0 Å². The van der Waals surface area contributed by atoms with Gasteiger partial charge in [-0.2, -0.15) is 0 Å². The van der Waals surface area contributed by atoms with E-state index in [2.05, 4.69) is 20.2 Å². The summed E-state index contributed by atoms with van der Waals surface area (Å²) < 4.78 is 7.22. The molecule has 1 aliphatic carbocycles. The van der Waals surface area contributed by atoms with Crippen molar-refractivity contribution in [2.45, 2.75) is 12.8 Å². The van der Waals surface area contributed by atoms with E-state index in [1.54, 1.807) is 16.9 Å². The van der Waals surface area contributed by atoms with E-state index in [-0.39, 0.29) is 11.8 Å². The van der Waals surface area contributed by atoms with Crippen molar-refractivity contribution in [2.24, 2.45) is 5.92 Å². The third-order valence-electron chi connectivity index (χ3n) is 5.86.